The second-order valence-corrected chi connectivity index (χ2v) is 12.3. The van der Waals surface area contributed by atoms with Gasteiger partial charge in [0.1, 0.15) is 0 Å². The van der Waals surface area contributed by atoms with Gasteiger partial charge in [-0.3, -0.25) is 14.7 Å². The van der Waals surface area contributed by atoms with Gasteiger partial charge in [-0.15, -0.1) is 0 Å². The monoisotopic (exact) mass is 321 g/mol. The summed E-state index contributed by atoms with van der Waals surface area (Å²) in [5.74, 6) is -0.145. The van der Waals surface area contributed by atoms with E-state index in [-0.39, 0.29) is 11.3 Å². The minimum absolute atomic E-state index is 0.123. The molecule has 1 aromatic carbocycles. The molecule has 19 heavy (non-hydrogen) atoms. The van der Waals surface area contributed by atoms with Crippen LogP contribution in [0.2, 0.25) is 0 Å². The fourth-order valence-electron chi connectivity index (χ4n) is 1.58. The highest BCUT2D eigenvalue weighted by molar-refractivity contribution is 8.90. The van der Waals surface area contributed by atoms with Crippen molar-refractivity contribution in [1.82, 2.24) is 0 Å². The molecule has 1 atom stereocenters. The van der Waals surface area contributed by atoms with E-state index >= 15 is 0 Å². The largest absolute Gasteiger partial charge is 0.379 e. The standard InChI is InChI=1S/C11H16NO4PS2/c1-3-18-17(16,19-4-2)11(13)9-7-5-6-8-10(9)12(14)15/h5-8,11,13H,3-4H2,1-2H3/t11-/m0/s1. The quantitative estimate of drug-likeness (QED) is 0.458. The van der Waals surface area contributed by atoms with Crippen LogP contribution in [0.3, 0.4) is 0 Å². The maximum Gasteiger partial charge on any atom is 0.275 e. The van der Waals surface area contributed by atoms with Gasteiger partial charge in [0.05, 0.1) is 10.5 Å². The van der Waals surface area contributed by atoms with Crippen molar-refractivity contribution in [1.29, 1.82) is 0 Å². The molecule has 0 radical (unpaired) electrons. The minimum Gasteiger partial charge on any atom is -0.379 e. The second kappa shape index (κ2) is 7.33. The van der Waals surface area contributed by atoms with Gasteiger partial charge in [-0.2, -0.15) is 0 Å². The minimum atomic E-state index is -3.01. The predicted octanol–water partition coefficient (Wildman–Crippen LogP) is 4.29. The first kappa shape index (κ1) is 16.6. The van der Waals surface area contributed by atoms with Crippen molar-refractivity contribution in [2.75, 3.05) is 11.5 Å². The van der Waals surface area contributed by atoms with Gasteiger partial charge in [-0.1, -0.05) is 48.7 Å². The maximum absolute atomic E-state index is 12.7. The molecule has 0 aromatic heterocycles. The molecule has 1 rings (SSSR count). The molecule has 0 amide bonds. The summed E-state index contributed by atoms with van der Waals surface area (Å²) in [7, 11) is 0. The molecule has 0 heterocycles. The molecule has 0 saturated carbocycles. The van der Waals surface area contributed by atoms with E-state index in [1.807, 2.05) is 13.8 Å². The number of hydrogen-bond acceptors (Lipinski definition) is 6. The first-order valence-corrected chi connectivity index (χ1v) is 10.7. The topological polar surface area (TPSA) is 80.4 Å². The number of rotatable bonds is 7. The highest BCUT2D eigenvalue weighted by Crippen LogP contribution is 2.76. The third kappa shape index (κ3) is 3.99. The maximum atomic E-state index is 12.7. The van der Waals surface area contributed by atoms with Crippen molar-refractivity contribution < 1.29 is 14.6 Å². The SMILES string of the molecule is CCSP(=O)(SCC)[C@H](O)c1ccccc1[N+](=O)[O-]. The Labute approximate surface area is 120 Å². The number of aliphatic hydroxyl groups excluding tert-OH is 1. The van der Waals surface area contributed by atoms with Crippen LogP contribution in [0, 0.1) is 10.1 Å². The van der Waals surface area contributed by atoms with Crippen molar-refractivity contribution >= 4 is 34.0 Å². The number of para-hydroxylation sites is 1. The lowest BCUT2D eigenvalue weighted by Gasteiger charge is -2.21. The third-order valence-electron chi connectivity index (χ3n) is 2.33. The summed E-state index contributed by atoms with van der Waals surface area (Å²) < 4.78 is 12.7. The summed E-state index contributed by atoms with van der Waals surface area (Å²) in [6.07, 6.45) is 0. The van der Waals surface area contributed by atoms with Crippen LogP contribution in [-0.2, 0) is 4.57 Å². The van der Waals surface area contributed by atoms with E-state index in [1.54, 1.807) is 6.07 Å². The van der Waals surface area contributed by atoms with Crippen LogP contribution in [-0.4, -0.2) is 21.5 Å². The van der Waals surface area contributed by atoms with Crippen molar-refractivity contribution in [2.45, 2.75) is 19.7 Å². The van der Waals surface area contributed by atoms with Gasteiger partial charge in [-0.25, -0.2) is 0 Å². The lowest BCUT2D eigenvalue weighted by Crippen LogP contribution is -2.01. The van der Waals surface area contributed by atoms with Crippen molar-refractivity contribution in [3.05, 3.63) is 39.9 Å². The summed E-state index contributed by atoms with van der Waals surface area (Å²) in [5, 5.41) is 21.3. The molecule has 0 aliphatic carbocycles. The molecule has 8 heteroatoms. The Balaban J connectivity index is 3.20. The fourth-order valence-corrected chi connectivity index (χ4v) is 9.70. The third-order valence-corrected chi connectivity index (χ3v) is 11.2. The van der Waals surface area contributed by atoms with Gasteiger partial charge in [0.25, 0.3) is 5.69 Å². The van der Waals surface area contributed by atoms with Crippen LogP contribution >= 0.6 is 28.3 Å². The van der Waals surface area contributed by atoms with Gasteiger partial charge in [-0.05, 0) is 17.6 Å². The zero-order valence-corrected chi connectivity index (χ0v) is 13.2. The number of aliphatic hydroxyl groups is 1. The molecule has 5 nitrogen and oxygen atoms in total. The zero-order chi connectivity index (χ0) is 14.5. The Kier molecular flexibility index (Phi) is 6.39. The fraction of sp³-hybridized carbons (Fsp3) is 0.455. The summed E-state index contributed by atoms with van der Waals surface area (Å²) in [6.45, 7) is 3.69. The van der Waals surface area contributed by atoms with E-state index in [4.69, 9.17) is 0 Å². The average molecular weight is 321 g/mol. The van der Waals surface area contributed by atoms with Crippen LogP contribution in [0.1, 0.15) is 25.3 Å². The Bertz CT molecular complexity index is 487. The molecule has 0 aliphatic heterocycles. The molecule has 0 fully saturated rings. The zero-order valence-electron chi connectivity index (χ0n) is 10.7. The van der Waals surface area contributed by atoms with E-state index in [0.717, 1.165) is 0 Å². The molecular formula is C11H16NO4PS2. The van der Waals surface area contributed by atoms with Crippen molar-refractivity contribution in [2.24, 2.45) is 0 Å². The Morgan fingerprint density at radius 2 is 1.84 bits per heavy atom. The molecule has 0 unspecified atom stereocenters. The molecule has 1 aromatic rings. The normalized spacial score (nSPS) is 13.2. The Morgan fingerprint density at radius 3 is 2.32 bits per heavy atom. The summed E-state index contributed by atoms with van der Waals surface area (Å²) >= 11 is 2.35. The van der Waals surface area contributed by atoms with Crippen LogP contribution in [0.4, 0.5) is 5.69 Å². The second-order valence-electron chi connectivity index (χ2n) is 3.56. The van der Waals surface area contributed by atoms with Crippen LogP contribution in [0.15, 0.2) is 24.3 Å². The van der Waals surface area contributed by atoms with E-state index in [1.165, 1.54) is 41.0 Å². The summed E-state index contributed by atoms with van der Waals surface area (Å²) in [5.41, 5.74) is -3.08. The lowest BCUT2D eigenvalue weighted by molar-refractivity contribution is -0.385. The smallest absolute Gasteiger partial charge is 0.275 e. The predicted molar refractivity (Wildman–Crippen MR) is 81.9 cm³/mol. The van der Waals surface area contributed by atoms with Crippen LogP contribution < -0.4 is 0 Å². The average Bonchev–Trinajstić information content (AvgIpc) is 2.38. The van der Waals surface area contributed by atoms with Crippen molar-refractivity contribution in [3.63, 3.8) is 0 Å². The van der Waals surface area contributed by atoms with Gasteiger partial charge in [0.2, 0.25) is 5.55 Å². The number of nitro benzene ring substituents is 1. The first-order chi connectivity index (χ1) is 8.96. The molecule has 1 N–H and O–H groups in total. The lowest BCUT2D eigenvalue weighted by atomic mass is 10.2. The molecular weight excluding hydrogens is 305 g/mol. The summed E-state index contributed by atoms with van der Waals surface area (Å²) in [4.78, 5) is 10.4. The number of nitrogens with zero attached hydrogens (tertiary/aromatic N) is 1. The van der Waals surface area contributed by atoms with Crippen LogP contribution in [0.5, 0.6) is 0 Å². The molecule has 106 valence electrons. The summed E-state index contributed by atoms with van der Waals surface area (Å²) in [6, 6.07) is 5.90. The molecule has 0 spiro atoms. The van der Waals surface area contributed by atoms with E-state index in [9.17, 15) is 19.8 Å². The van der Waals surface area contributed by atoms with Gasteiger partial charge in [0.15, 0.2) is 5.85 Å². The first-order valence-electron chi connectivity index (χ1n) is 5.76. The Hall–Kier alpha value is -0.490. The molecule has 0 bridgehead atoms. The van der Waals surface area contributed by atoms with Gasteiger partial charge >= 0.3 is 0 Å². The van der Waals surface area contributed by atoms with Gasteiger partial charge in [0, 0.05) is 6.07 Å². The Morgan fingerprint density at radius 1 is 1.32 bits per heavy atom. The van der Waals surface area contributed by atoms with Gasteiger partial charge < -0.3 is 5.11 Å². The van der Waals surface area contributed by atoms with Crippen molar-refractivity contribution in [3.8, 4) is 0 Å². The number of nitro groups is 1. The van der Waals surface area contributed by atoms with Crippen LogP contribution in [0.25, 0.3) is 0 Å². The molecule has 0 saturated heterocycles. The molecule has 0 aliphatic rings. The highest BCUT2D eigenvalue weighted by atomic mass is 33.1. The van der Waals surface area contributed by atoms with E-state index in [0.29, 0.717) is 11.5 Å². The number of benzene rings is 1. The van der Waals surface area contributed by atoms with E-state index in [2.05, 4.69) is 0 Å². The van der Waals surface area contributed by atoms with E-state index < -0.39 is 16.3 Å². The number of hydrogen-bond donors (Lipinski definition) is 1. The highest BCUT2D eigenvalue weighted by Gasteiger charge is 2.36.